The van der Waals surface area contributed by atoms with Crippen molar-refractivity contribution in [1.29, 1.82) is 0 Å². The molecule has 0 bridgehead atoms. The van der Waals surface area contributed by atoms with E-state index >= 15 is 0 Å². The molecule has 1 aromatic carbocycles. The number of urea groups is 1. The van der Waals surface area contributed by atoms with E-state index in [1.165, 1.54) is 12.1 Å². The van der Waals surface area contributed by atoms with E-state index in [2.05, 4.69) is 5.32 Å². The number of nitrogens with one attached hydrogen (secondary N) is 1. The smallest absolute Gasteiger partial charge is 0.318 e. The number of benzene rings is 1. The van der Waals surface area contributed by atoms with Gasteiger partial charge in [0.1, 0.15) is 5.82 Å². The third kappa shape index (κ3) is 4.10. The average Bonchev–Trinajstić information content (AvgIpc) is 2.62. The molecule has 3 amide bonds. The Morgan fingerprint density at radius 2 is 1.92 bits per heavy atom. The molecule has 6 nitrogen and oxygen atoms in total. The maximum atomic E-state index is 13.8. The van der Waals surface area contributed by atoms with Crippen LogP contribution in [-0.4, -0.2) is 66.7 Å². The molecule has 0 radical (unpaired) electrons. The maximum Gasteiger partial charge on any atom is 0.318 e. The Balaban J connectivity index is 1.51. The predicted molar refractivity (Wildman–Crippen MR) is 90.8 cm³/mol. The molecule has 2 aliphatic heterocycles. The molecule has 136 valence electrons. The van der Waals surface area contributed by atoms with Gasteiger partial charge in [0.2, 0.25) is 0 Å². The van der Waals surface area contributed by atoms with E-state index in [4.69, 9.17) is 4.74 Å². The van der Waals surface area contributed by atoms with Crippen LogP contribution in [0.1, 0.15) is 30.1 Å². The molecule has 2 heterocycles. The van der Waals surface area contributed by atoms with Crippen molar-refractivity contribution in [3.8, 4) is 0 Å². The van der Waals surface area contributed by atoms with Crippen molar-refractivity contribution >= 4 is 11.9 Å². The van der Waals surface area contributed by atoms with E-state index in [1.54, 1.807) is 21.9 Å². The number of amides is 3. The molecule has 25 heavy (non-hydrogen) atoms. The maximum absolute atomic E-state index is 13.8. The van der Waals surface area contributed by atoms with Gasteiger partial charge in [-0.1, -0.05) is 12.1 Å². The summed E-state index contributed by atoms with van der Waals surface area (Å²) in [7, 11) is 0. The molecule has 0 aromatic heterocycles. The van der Waals surface area contributed by atoms with Crippen LogP contribution in [0.3, 0.4) is 0 Å². The van der Waals surface area contributed by atoms with Crippen LogP contribution in [0.15, 0.2) is 24.3 Å². The lowest BCUT2D eigenvalue weighted by Gasteiger charge is -2.37. The van der Waals surface area contributed by atoms with Crippen LogP contribution in [-0.2, 0) is 4.74 Å². The van der Waals surface area contributed by atoms with E-state index in [-0.39, 0.29) is 29.6 Å². The zero-order valence-corrected chi connectivity index (χ0v) is 14.4. The number of rotatable bonds is 2. The van der Waals surface area contributed by atoms with Crippen LogP contribution >= 0.6 is 0 Å². The van der Waals surface area contributed by atoms with Gasteiger partial charge in [-0.05, 0) is 31.9 Å². The molecule has 0 aliphatic carbocycles. The first kappa shape index (κ1) is 17.7. The SMILES string of the molecule is C[C@H]1COCCN1C(=O)NC1CCN(C(=O)c2ccccc2F)CC1. The summed E-state index contributed by atoms with van der Waals surface area (Å²) in [5.74, 6) is -0.783. The van der Waals surface area contributed by atoms with Gasteiger partial charge in [0.25, 0.3) is 5.91 Å². The zero-order valence-electron chi connectivity index (χ0n) is 14.4. The minimum Gasteiger partial charge on any atom is -0.377 e. The summed E-state index contributed by atoms with van der Waals surface area (Å²) in [6, 6.07) is 6.06. The Morgan fingerprint density at radius 1 is 1.20 bits per heavy atom. The number of carbonyl (C=O) groups is 2. The standard InChI is InChI=1S/C18H24FN3O3/c1-13-12-25-11-10-22(13)18(24)20-14-6-8-21(9-7-14)17(23)15-4-2-3-5-16(15)19/h2-5,13-14H,6-12H2,1H3,(H,20,24)/t13-/m0/s1. The highest BCUT2D eigenvalue weighted by Crippen LogP contribution is 2.17. The van der Waals surface area contributed by atoms with Gasteiger partial charge in [-0.25, -0.2) is 9.18 Å². The number of piperidine rings is 1. The van der Waals surface area contributed by atoms with Crippen LogP contribution in [0.4, 0.5) is 9.18 Å². The van der Waals surface area contributed by atoms with Gasteiger partial charge in [-0.3, -0.25) is 4.79 Å². The van der Waals surface area contributed by atoms with E-state index in [9.17, 15) is 14.0 Å². The summed E-state index contributed by atoms with van der Waals surface area (Å²) in [4.78, 5) is 28.2. The number of morpholine rings is 1. The summed E-state index contributed by atoms with van der Waals surface area (Å²) in [5.41, 5.74) is 0.104. The number of nitrogens with zero attached hydrogens (tertiary/aromatic N) is 2. The number of ether oxygens (including phenoxy) is 1. The number of hydrogen-bond donors (Lipinski definition) is 1. The number of likely N-dealkylation sites (tertiary alicyclic amines) is 1. The van der Waals surface area contributed by atoms with Crippen LogP contribution in [0.25, 0.3) is 0 Å². The van der Waals surface area contributed by atoms with Gasteiger partial charge in [-0.2, -0.15) is 0 Å². The normalized spacial score (nSPS) is 21.9. The average molecular weight is 349 g/mol. The predicted octanol–water partition coefficient (Wildman–Crippen LogP) is 1.86. The summed E-state index contributed by atoms with van der Waals surface area (Å²) in [5, 5.41) is 3.05. The van der Waals surface area contributed by atoms with Gasteiger partial charge in [0.05, 0.1) is 24.8 Å². The van der Waals surface area contributed by atoms with E-state index in [0.29, 0.717) is 45.7 Å². The first-order valence-corrected chi connectivity index (χ1v) is 8.75. The van der Waals surface area contributed by atoms with Crippen molar-refractivity contribution in [1.82, 2.24) is 15.1 Å². The second kappa shape index (κ2) is 7.82. The van der Waals surface area contributed by atoms with E-state index in [1.807, 2.05) is 6.92 Å². The molecular weight excluding hydrogens is 325 g/mol. The first-order chi connectivity index (χ1) is 12.1. The van der Waals surface area contributed by atoms with Crippen LogP contribution in [0.2, 0.25) is 0 Å². The summed E-state index contributed by atoms with van der Waals surface area (Å²) in [6.45, 7) is 4.70. The molecule has 1 aromatic rings. The third-order valence-corrected chi connectivity index (χ3v) is 4.84. The fraction of sp³-hybridized carbons (Fsp3) is 0.556. The first-order valence-electron chi connectivity index (χ1n) is 8.75. The molecule has 1 N–H and O–H groups in total. The topological polar surface area (TPSA) is 61.9 Å². The minimum atomic E-state index is -0.496. The van der Waals surface area contributed by atoms with Crippen LogP contribution in [0, 0.1) is 5.82 Å². The van der Waals surface area contributed by atoms with Gasteiger partial charge in [-0.15, -0.1) is 0 Å². The van der Waals surface area contributed by atoms with Crippen molar-refractivity contribution in [3.05, 3.63) is 35.6 Å². The second-order valence-corrected chi connectivity index (χ2v) is 6.61. The lowest BCUT2D eigenvalue weighted by molar-refractivity contribution is 0.0178. The monoisotopic (exact) mass is 349 g/mol. The third-order valence-electron chi connectivity index (χ3n) is 4.84. The largest absolute Gasteiger partial charge is 0.377 e. The van der Waals surface area contributed by atoms with Gasteiger partial charge in [0, 0.05) is 25.7 Å². The van der Waals surface area contributed by atoms with Gasteiger partial charge < -0.3 is 19.9 Å². The Hall–Kier alpha value is -2.15. The highest BCUT2D eigenvalue weighted by atomic mass is 19.1. The summed E-state index contributed by atoms with van der Waals surface area (Å²) < 4.78 is 19.1. The lowest BCUT2D eigenvalue weighted by atomic mass is 10.0. The molecule has 7 heteroatoms. The van der Waals surface area contributed by atoms with Crippen molar-refractivity contribution in [2.75, 3.05) is 32.8 Å². The van der Waals surface area contributed by atoms with E-state index < -0.39 is 5.82 Å². The molecular formula is C18H24FN3O3. The quantitative estimate of drug-likeness (QED) is 0.887. The Morgan fingerprint density at radius 3 is 2.60 bits per heavy atom. The minimum absolute atomic E-state index is 0.0345. The summed E-state index contributed by atoms with van der Waals surface area (Å²) in [6.07, 6.45) is 1.34. The Labute approximate surface area is 146 Å². The van der Waals surface area contributed by atoms with Crippen molar-refractivity contribution < 1.29 is 18.7 Å². The second-order valence-electron chi connectivity index (χ2n) is 6.61. The molecule has 0 unspecified atom stereocenters. The van der Waals surface area contributed by atoms with Crippen LogP contribution < -0.4 is 5.32 Å². The molecule has 0 spiro atoms. The van der Waals surface area contributed by atoms with Gasteiger partial charge >= 0.3 is 6.03 Å². The molecule has 0 saturated carbocycles. The highest BCUT2D eigenvalue weighted by Gasteiger charge is 2.29. The molecule has 1 atom stereocenters. The highest BCUT2D eigenvalue weighted by molar-refractivity contribution is 5.94. The van der Waals surface area contributed by atoms with Crippen LogP contribution in [0.5, 0.6) is 0 Å². The molecule has 2 fully saturated rings. The number of halogens is 1. The summed E-state index contributed by atoms with van der Waals surface area (Å²) >= 11 is 0. The zero-order chi connectivity index (χ0) is 17.8. The van der Waals surface area contributed by atoms with E-state index in [0.717, 1.165) is 0 Å². The fourth-order valence-electron chi connectivity index (χ4n) is 3.32. The number of hydrogen-bond acceptors (Lipinski definition) is 3. The molecule has 3 rings (SSSR count). The van der Waals surface area contributed by atoms with Gasteiger partial charge in [0.15, 0.2) is 0 Å². The van der Waals surface area contributed by atoms with Crippen molar-refractivity contribution in [2.24, 2.45) is 0 Å². The number of carbonyl (C=O) groups excluding carboxylic acids is 2. The van der Waals surface area contributed by atoms with Crippen molar-refractivity contribution in [3.63, 3.8) is 0 Å². The molecule has 2 saturated heterocycles. The fourth-order valence-corrected chi connectivity index (χ4v) is 3.32. The van der Waals surface area contributed by atoms with Crippen molar-refractivity contribution in [2.45, 2.75) is 31.8 Å². The lowest BCUT2D eigenvalue weighted by Crippen LogP contribution is -2.55. The Kier molecular flexibility index (Phi) is 5.53. The molecule has 2 aliphatic rings. The Bertz CT molecular complexity index is 632.